The minimum absolute atomic E-state index is 0.00656. The Bertz CT molecular complexity index is 610. The second-order valence-electron chi connectivity index (χ2n) is 5.36. The van der Waals surface area contributed by atoms with Crippen LogP contribution in [0.5, 0.6) is 5.75 Å². The van der Waals surface area contributed by atoms with E-state index in [4.69, 9.17) is 4.74 Å². The Morgan fingerprint density at radius 1 is 1.21 bits per heavy atom. The van der Waals surface area contributed by atoms with Crippen molar-refractivity contribution < 1.29 is 23.1 Å². The van der Waals surface area contributed by atoms with E-state index < -0.39 is 28.6 Å². The number of hydrogen-bond acceptors (Lipinski definition) is 5. The molecule has 0 aliphatic heterocycles. The molecule has 0 aliphatic carbocycles. The van der Waals surface area contributed by atoms with Crippen molar-refractivity contribution >= 4 is 15.9 Å². The molecule has 0 radical (unpaired) electrons. The van der Waals surface area contributed by atoms with Crippen LogP contribution in [0.4, 0.5) is 0 Å². The highest BCUT2D eigenvalue weighted by Gasteiger charge is 2.28. The average molecular weight is 358 g/mol. The van der Waals surface area contributed by atoms with E-state index in [1.165, 1.54) is 31.4 Å². The van der Waals surface area contributed by atoms with Crippen molar-refractivity contribution in [1.82, 2.24) is 9.62 Å². The number of carbonyl (C=O) groups excluding carboxylic acids is 1. The molecule has 24 heavy (non-hydrogen) atoms. The number of rotatable bonds is 10. The molecule has 0 saturated carbocycles. The van der Waals surface area contributed by atoms with Gasteiger partial charge in [-0.1, -0.05) is 13.8 Å². The van der Waals surface area contributed by atoms with Gasteiger partial charge in [0.1, 0.15) is 11.8 Å². The Kier molecular flexibility index (Phi) is 8.17. The summed E-state index contributed by atoms with van der Waals surface area (Å²) in [5.41, 5.74) is 0. The molecule has 1 amide bonds. The summed E-state index contributed by atoms with van der Waals surface area (Å²) in [7, 11) is -2.43. The maximum atomic E-state index is 12.5. The lowest BCUT2D eigenvalue weighted by atomic mass is 10.2. The highest BCUT2D eigenvalue weighted by molar-refractivity contribution is 7.89. The molecule has 0 spiro atoms. The lowest BCUT2D eigenvalue weighted by Crippen LogP contribution is -2.50. The van der Waals surface area contributed by atoms with Gasteiger partial charge in [0, 0.05) is 13.1 Å². The van der Waals surface area contributed by atoms with Crippen molar-refractivity contribution in [3.05, 3.63) is 24.3 Å². The third-order valence-electron chi connectivity index (χ3n) is 3.45. The summed E-state index contributed by atoms with van der Waals surface area (Å²) in [6.07, 6.45) is 1.52. The number of benzene rings is 1. The van der Waals surface area contributed by atoms with Crippen LogP contribution in [0.2, 0.25) is 0 Å². The van der Waals surface area contributed by atoms with E-state index >= 15 is 0 Å². The van der Waals surface area contributed by atoms with Crippen LogP contribution in [0.15, 0.2) is 29.2 Å². The Morgan fingerprint density at radius 2 is 1.75 bits per heavy atom. The van der Waals surface area contributed by atoms with Crippen molar-refractivity contribution in [2.75, 3.05) is 26.8 Å². The van der Waals surface area contributed by atoms with Crippen LogP contribution in [0, 0.1) is 0 Å². The van der Waals surface area contributed by atoms with Crippen molar-refractivity contribution in [2.24, 2.45) is 0 Å². The Hall–Kier alpha value is -1.64. The van der Waals surface area contributed by atoms with Crippen molar-refractivity contribution in [2.45, 2.75) is 37.6 Å². The molecule has 1 aromatic carbocycles. The number of sulfonamides is 1. The van der Waals surface area contributed by atoms with Gasteiger partial charge in [0.05, 0.1) is 18.6 Å². The van der Waals surface area contributed by atoms with Crippen molar-refractivity contribution in [3.63, 3.8) is 0 Å². The molecule has 0 bridgehead atoms. The van der Waals surface area contributed by atoms with Gasteiger partial charge in [0.15, 0.2) is 0 Å². The first-order chi connectivity index (χ1) is 11.4. The van der Waals surface area contributed by atoms with Crippen LogP contribution in [0.25, 0.3) is 0 Å². The van der Waals surface area contributed by atoms with Crippen LogP contribution in [0.3, 0.4) is 0 Å². The monoisotopic (exact) mass is 358 g/mol. The van der Waals surface area contributed by atoms with E-state index in [9.17, 15) is 18.3 Å². The van der Waals surface area contributed by atoms with E-state index in [2.05, 4.69) is 4.72 Å². The van der Waals surface area contributed by atoms with E-state index in [1.54, 1.807) is 4.90 Å². The Labute approximate surface area is 143 Å². The summed E-state index contributed by atoms with van der Waals surface area (Å²) in [6.45, 7) is 4.32. The average Bonchev–Trinajstić information content (AvgIpc) is 2.59. The molecule has 2 N–H and O–H groups in total. The zero-order valence-corrected chi connectivity index (χ0v) is 15.2. The van der Waals surface area contributed by atoms with Gasteiger partial charge in [0.2, 0.25) is 15.9 Å². The molecule has 7 nitrogen and oxygen atoms in total. The first-order valence-corrected chi connectivity index (χ1v) is 9.43. The van der Waals surface area contributed by atoms with Crippen LogP contribution in [-0.2, 0) is 14.8 Å². The fraction of sp³-hybridized carbons (Fsp3) is 0.562. The quantitative estimate of drug-likeness (QED) is 0.650. The molecule has 0 unspecified atom stereocenters. The molecular weight excluding hydrogens is 332 g/mol. The fourth-order valence-corrected chi connectivity index (χ4v) is 3.45. The smallest absolute Gasteiger partial charge is 0.243 e. The Morgan fingerprint density at radius 3 is 2.17 bits per heavy atom. The standard InChI is InChI=1S/C16H26N2O5S/c1-4-10-18(11-5-2)16(20)15(12-19)17-24(21,22)14-8-6-13(23-3)7-9-14/h6-9,15,17,19H,4-5,10-12H2,1-3H3/t15-/m0/s1. The highest BCUT2D eigenvalue weighted by atomic mass is 32.2. The predicted octanol–water partition coefficient (Wildman–Crippen LogP) is 0.983. The summed E-state index contributed by atoms with van der Waals surface area (Å²) in [5, 5.41) is 9.48. The molecule has 1 atom stereocenters. The highest BCUT2D eigenvalue weighted by Crippen LogP contribution is 2.16. The summed E-state index contributed by atoms with van der Waals surface area (Å²) < 4.78 is 32.1. The van der Waals surface area contributed by atoms with Crippen LogP contribution in [-0.4, -0.2) is 57.2 Å². The molecule has 1 aromatic rings. The number of hydrogen-bond donors (Lipinski definition) is 2. The molecule has 0 heterocycles. The molecular formula is C16H26N2O5S. The number of amides is 1. The summed E-state index contributed by atoms with van der Waals surface area (Å²) >= 11 is 0. The van der Waals surface area contributed by atoms with Gasteiger partial charge in [0.25, 0.3) is 0 Å². The summed E-state index contributed by atoms with van der Waals surface area (Å²) in [4.78, 5) is 14.1. The number of nitrogens with zero attached hydrogens (tertiary/aromatic N) is 1. The number of aliphatic hydroxyl groups excluding tert-OH is 1. The number of nitrogens with one attached hydrogen (secondary N) is 1. The minimum atomic E-state index is -3.92. The molecule has 0 aliphatic rings. The van der Waals surface area contributed by atoms with Gasteiger partial charge < -0.3 is 14.7 Å². The summed E-state index contributed by atoms with van der Waals surface area (Å²) in [5.74, 6) is 0.110. The molecule has 8 heteroatoms. The first-order valence-electron chi connectivity index (χ1n) is 7.95. The maximum Gasteiger partial charge on any atom is 0.243 e. The lowest BCUT2D eigenvalue weighted by Gasteiger charge is -2.26. The molecule has 0 fully saturated rings. The van der Waals surface area contributed by atoms with Gasteiger partial charge in [-0.2, -0.15) is 4.72 Å². The Balaban J connectivity index is 2.93. The van der Waals surface area contributed by atoms with Crippen LogP contribution in [0.1, 0.15) is 26.7 Å². The number of methoxy groups -OCH3 is 1. The van der Waals surface area contributed by atoms with Crippen molar-refractivity contribution in [3.8, 4) is 5.75 Å². The van der Waals surface area contributed by atoms with E-state index in [-0.39, 0.29) is 4.90 Å². The normalized spacial score (nSPS) is 12.7. The SMILES string of the molecule is CCCN(CCC)C(=O)[C@H](CO)NS(=O)(=O)c1ccc(OC)cc1. The molecule has 0 aromatic heterocycles. The second-order valence-corrected chi connectivity index (χ2v) is 7.07. The number of aliphatic hydroxyl groups is 1. The van der Waals surface area contributed by atoms with Crippen LogP contribution < -0.4 is 9.46 Å². The topological polar surface area (TPSA) is 95.9 Å². The van der Waals surface area contributed by atoms with E-state index in [0.717, 1.165) is 12.8 Å². The predicted molar refractivity (Wildman–Crippen MR) is 91.4 cm³/mol. The third-order valence-corrected chi connectivity index (χ3v) is 4.93. The zero-order chi connectivity index (χ0) is 18.2. The number of ether oxygens (including phenoxy) is 1. The van der Waals surface area contributed by atoms with E-state index in [1.807, 2.05) is 13.8 Å². The fourth-order valence-electron chi connectivity index (χ4n) is 2.27. The lowest BCUT2D eigenvalue weighted by molar-refractivity contribution is -0.134. The van der Waals surface area contributed by atoms with E-state index in [0.29, 0.717) is 18.8 Å². The second kappa shape index (κ2) is 9.61. The van der Waals surface area contributed by atoms with Gasteiger partial charge in [-0.3, -0.25) is 4.79 Å². The van der Waals surface area contributed by atoms with Crippen LogP contribution >= 0.6 is 0 Å². The van der Waals surface area contributed by atoms with Crippen molar-refractivity contribution in [1.29, 1.82) is 0 Å². The maximum absolute atomic E-state index is 12.5. The van der Waals surface area contributed by atoms with Gasteiger partial charge in [-0.25, -0.2) is 8.42 Å². The molecule has 0 saturated heterocycles. The van der Waals surface area contributed by atoms with Gasteiger partial charge in [-0.05, 0) is 37.1 Å². The van der Waals surface area contributed by atoms with Gasteiger partial charge >= 0.3 is 0 Å². The third kappa shape index (κ3) is 5.47. The minimum Gasteiger partial charge on any atom is -0.497 e. The zero-order valence-electron chi connectivity index (χ0n) is 14.4. The molecule has 136 valence electrons. The summed E-state index contributed by atoms with van der Waals surface area (Å²) in [6, 6.07) is 4.61. The number of carbonyl (C=O) groups is 1. The molecule has 1 rings (SSSR count). The first kappa shape index (κ1) is 20.4. The largest absolute Gasteiger partial charge is 0.497 e. The van der Waals surface area contributed by atoms with Gasteiger partial charge in [-0.15, -0.1) is 0 Å².